The summed E-state index contributed by atoms with van der Waals surface area (Å²) in [6, 6.07) is 3.82. The number of sulfone groups is 1. The molecule has 0 saturated carbocycles. The van der Waals surface area contributed by atoms with Gasteiger partial charge in [-0.15, -0.1) is 0 Å². The smallest absolute Gasteiger partial charge is 0.303 e. The van der Waals surface area contributed by atoms with Gasteiger partial charge in [0, 0.05) is 12.7 Å². The molecule has 88 valence electrons. The lowest BCUT2D eigenvalue weighted by Gasteiger charge is -2.07. The molecule has 0 heterocycles. The van der Waals surface area contributed by atoms with Crippen molar-refractivity contribution in [1.29, 1.82) is 0 Å². The number of aryl methyl sites for hydroxylation is 1. The molecule has 0 aliphatic carbocycles. The fourth-order valence-corrected chi connectivity index (χ4v) is 2.48. The molecular weight excluding hydrogens is 235 g/mol. The summed E-state index contributed by atoms with van der Waals surface area (Å²) in [4.78, 5) is 9.97. The summed E-state index contributed by atoms with van der Waals surface area (Å²) >= 11 is 0. The molecule has 0 fully saturated rings. The summed E-state index contributed by atoms with van der Waals surface area (Å²) < 4.78 is 36.0. The van der Waals surface area contributed by atoms with Crippen LogP contribution in [0.3, 0.4) is 0 Å². The van der Waals surface area contributed by atoms with E-state index >= 15 is 0 Å². The van der Waals surface area contributed by atoms with Crippen LogP contribution in [0.15, 0.2) is 23.1 Å². The lowest BCUT2D eigenvalue weighted by atomic mass is 10.1. The van der Waals surface area contributed by atoms with Crippen LogP contribution in [0.5, 0.6) is 0 Å². The Hall–Kier alpha value is -1.43. The number of halogens is 1. The van der Waals surface area contributed by atoms with Gasteiger partial charge < -0.3 is 5.11 Å². The summed E-state index contributed by atoms with van der Waals surface area (Å²) in [6.07, 6.45) is 0.664. The molecule has 1 aromatic carbocycles. The fraction of sp³-hybridized carbons (Fsp3) is 0.300. The quantitative estimate of drug-likeness (QED) is 0.867. The minimum atomic E-state index is -3.68. The molecule has 0 aromatic heterocycles. The third-order valence-corrected chi connectivity index (χ3v) is 3.23. The topological polar surface area (TPSA) is 71.4 Å². The summed E-state index contributed by atoms with van der Waals surface area (Å²) in [6.45, 7) is 0. The first-order chi connectivity index (χ1) is 7.32. The molecule has 6 heteroatoms. The number of carbonyl (C=O) groups is 1. The molecule has 0 unspecified atom stereocenters. The summed E-state index contributed by atoms with van der Waals surface area (Å²) in [7, 11) is -3.68. The van der Waals surface area contributed by atoms with Crippen LogP contribution in [0.1, 0.15) is 12.0 Å². The predicted molar refractivity (Wildman–Crippen MR) is 55.5 cm³/mol. The van der Waals surface area contributed by atoms with E-state index in [4.69, 9.17) is 5.11 Å². The highest BCUT2D eigenvalue weighted by Gasteiger charge is 2.18. The summed E-state index contributed by atoms with van der Waals surface area (Å²) in [5.41, 5.74) is 0.199. The first kappa shape index (κ1) is 12.6. The molecule has 1 aromatic rings. The van der Waals surface area contributed by atoms with E-state index in [1.165, 1.54) is 12.1 Å². The van der Waals surface area contributed by atoms with Gasteiger partial charge in [-0.25, -0.2) is 12.8 Å². The van der Waals surface area contributed by atoms with Gasteiger partial charge in [-0.3, -0.25) is 4.79 Å². The zero-order valence-electron chi connectivity index (χ0n) is 8.60. The van der Waals surface area contributed by atoms with Gasteiger partial charge in [-0.1, -0.05) is 12.1 Å². The number of benzene rings is 1. The number of carboxylic acids is 1. The second-order valence-corrected chi connectivity index (χ2v) is 5.35. The SMILES string of the molecule is CS(=O)(=O)c1c(F)cccc1CCC(=O)O. The lowest BCUT2D eigenvalue weighted by Crippen LogP contribution is -2.07. The Morgan fingerprint density at radius 3 is 2.56 bits per heavy atom. The Morgan fingerprint density at radius 2 is 2.06 bits per heavy atom. The molecular formula is C10H11FO4S. The molecule has 0 saturated heterocycles. The first-order valence-corrected chi connectivity index (χ1v) is 6.40. The van der Waals surface area contributed by atoms with E-state index in [0.717, 1.165) is 12.3 Å². The molecule has 1 rings (SSSR count). The molecule has 16 heavy (non-hydrogen) atoms. The molecule has 0 aliphatic heterocycles. The van der Waals surface area contributed by atoms with Crippen molar-refractivity contribution in [2.75, 3.05) is 6.26 Å². The van der Waals surface area contributed by atoms with Crippen molar-refractivity contribution < 1.29 is 22.7 Å². The molecule has 1 N–H and O–H groups in total. The van der Waals surface area contributed by atoms with Crippen molar-refractivity contribution >= 4 is 15.8 Å². The summed E-state index contributed by atoms with van der Waals surface area (Å²) in [5, 5.41) is 8.49. The highest BCUT2D eigenvalue weighted by molar-refractivity contribution is 7.90. The van der Waals surface area contributed by atoms with E-state index in [2.05, 4.69) is 0 Å². The Morgan fingerprint density at radius 1 is 1.44 bits per heavy atom. The van der Waals surface area contributed by atoms with Crippen molar-refractivity contribution in [3.8, 4) is 0 Å². The van der Waals surface area contributed by atoms with Gasteiger partial charge in [0.25, 0.3) is 0 Å². The standard InChI is InChI=1S/C10H11FO4S/c1-16(14,15)10-7(5-6-9(12)13)3-2-4-8(10)11/h2-4H,5-6H2,1H3,(H,12,13). The van der Waals surface area contributed by atoms with Crippen molar-refractivity contribution in [3.63, 3.8) is 0 Å². The Kier molecular flexibility index (Phi) is 3.64. The van der Waals surface area contributed by atoms with Crippen LogP contribution in [0.4, 0.5) is 4.39 Å². The molecule has 0 spiro atoms. The van der Waals surface area contributed by atoms with Crippen LogP contribution in [-0.2, 0) is 21.1 Å². The monoisotopic (exact) mass is 246 g/mol. The van der Waals surface area contributed by atoms with Gasteiger partial charge in [0.05, 0.1) is 0 Å². The molecule has 4 nitrogen and oxygen atoms in total. The van der Waals surface area contributed by atoms with Crippen molar-refractivity contribution in [1.82, 2.24) is 0 Å². The number of rotatable bonds is 4. The van der Waals surface area contributed by atoms with E-state index in [1.54, 1.807) is 0 Å². The lowest BCUT2D eigenvalue weighted by molar-refractivity contribution is -0.136. The number of aliphatic carboxylic acids is 1. The zero-order valence-corrected chi connectivity index (χ0v) is 9.42. The van der Waals surface area contributed by atoms with E-state index < -0.39 is 26.5 Å². The van der Waals surface area contributed by atoms with Gasteiger partial charge >= 0.3 is 5.97 Å². The zero-order chi connectivity index (χ0) is 12.3. The maximum atomic E-state index is 13.3. The number of hydrogen-bond donors (Lipinski definition) is 1. The number of carboxylic acid groups (broad SMARTS) is 1. The van der Waals surface area contributed by atoms with Crippen LogP contribution < -0.4 is 0 Å². The van der Waals surface area contributed by atoms with Gasteiger partial charge in [-0.2, -0.15) is 0 Å². The largest absolute Gasteiger partial charge is 0.481 e. The second kappa shape index (κ2) is 4.61. The van der Waals surface area contributed by atoms with Crippen LogP contribution in [0.2, 0.25) is 0 Å². The third-order valence-electron chi connectivity index (χ3n) is 2.03. The first-order valence-electron chi connectivity index (χ1n) is 4.51. The van der Waals surface area contributed by atoms with Gasteiger partial charge in [0.2, 0.25) is 0 Å². The van der Waals surface area contributed by atoms with Crippen LogP contribution in [-0.4, -0.2) is 25.7 Å². The van der Waals surface area contributed by atoms with Crippen LogP contribution in [0, 0.1) is 5.82 Å². The van der Waals surface area contributed by atoms with Crippen molar-refractivity contribution in [3.05, 3.63) is 29.6 Å². The minimum Gasteiger partial charge on any atom is -0.481 e. The highest BCUT2D eigenvalue weighted by Crippen LogP contribution is 2.20. The second-order valence-electron chi connectivity index (χ2n) is 3.39. The summed E-state index contributed by atoms with van der Waals surface area (Å²) in [5.74, 6) is -1.89. The number of hydrogen-bond acceptors (Lipinski definition) is 3. The van der Waals surface area contributed by atoms with Gasteiger partial charge in [0.1, 0.15) is 10.7 Å². The van der Waals surface area contributed by atoms with E-state index in [-0.39, 0.29) is 18.4 Å². The predicted octanol–water partition coefficient (Wildman–Crippen LogP) is 1.25. The molecule has 0 aliphatic rings. The van der Waals surface area contributed by atoms with Crippen LogP contribution >= 0.6 is 0 Å². The minimum absolute atomic E-state index is 0.00447. The van der Waals surface area contributed by atoms with Gasteiger partial charge in [-0.05, 0) is 18.1 Å². The van der Waals surface area contributed by atoms with E-state index in [9.17, 15) is 17.6 Å². The molecule has 0 atom stereocenters. The third kappa shape index (κ3) is 3.03. The Labute approximate surface area is 92.6 Å². The maximum Gasteiger partial charge on any atom is 0.303 e. The van der Waals surface area contributed by atoms with E-state index in [1.807, 2.05) is 0 Å². The highest BCUT2D eigenvalue weighted by atomic mass is 32.2. The van der Waals surface area contributed by atoms with Crippen LogP contribution in [0.25, 0.3) is 0 Å². The molecule has 0 amide bonds. The Balaban J connectivity index is 3.19. The maximum absolute atomic E-state index is 13.3. The van der Waals surface area contributed by atoms with Crippen molar-refractivity contribution in [2.45, 2.75) is 17.7 Å². The molecule has 0 radical (unpaired) electrons. The average molecular weight is 246 g/mol. The van der Waals surface area contributed by atoms with Gasteiger partial charge in [0.15, 0.2) is 9.84 Å². The normalized spacial score (nSPS) is 11.4. The van der Waals surface area contributed by atoms with Crippen molar-refractivity contribution in [2.24, 2.45) is 0 Å². The van der Waals surface area contributed by atoms with E-state index in [0.29, 0.717) is 0 Å². The fourth-order valence-electron chi connectivity index (χ4n) is 1.41. The molecule has 0 bridgehead atoms. The Bertz CT molecular complexity index is 508. The average Bonchev–Trinajstić information content (AvgIpc) is 2.12.